The standard InChI is InChI=1S/C26H48O6.C19H34O6/c1-4-5-6-7-8-9-10-11-12-13-14-15-16-20-24(30)32-21-26(2,3)25(31)22(27)18-17-19-23(28)29;1-5-6-7-8-10-14(2)18(24)25-13-19(3,4)17(23)15(20)11-9-12-16(21)22/h25,31H,4-21H2,1-3H3,(H,28,29);14,17,23H,5-13H2,1-4H3,(H,21,22). The van der Waals surface area contributed by atoms with Crippen molar-refractivity contribution in [3.05, 3.63) is 0 Å². The number of hydrogen-bond donors (Lipinski definition) is 4. The van der Waals surface area contributed by atoms with Crippen LogP contribution in [0.1, 0.15) is 209 Å². The average Bonchev–Trinajstić information content (AvgIpc) is 3.15. The molecule has 0 aromatic carbocycles. The van der Waals surface area contributed by atoms with E-state index >= 15 is 0 Å². The molecule has 0 rings (SSSR count). The molecule has 12 nitrogen and oxygen atoms in total. The van der Waals surface area contributed by atoms with E-state index in [0.29, 0.717) is 6.42 Å². The zero-order valence-electron chi connectivity index (χ0n) is 36.9. The zero-order chi connectivity index (χ0) is 43.7. The van der Waals surface area contributed by atoms with Crippen molar-refractivity contribution in [2.45, 2.75) is 221 Å². The molecule has 0 aromatic heterocycles. The number of aliphatic carboxylic acids is 2. The lowest BCUT2D eigenvalue weighted by atomic mass is 9.84. The topological polar surface area (TPSA) is 202 Å². The van der Waals surface area contributed by atoms with Crippen molar-refractivity contribution >= 4 is 35.4 Å². The van der Waals surface area contributed by atoms with Crippen LogP contribution in [-0.2, 0) is 38.2 Å². The van der Waals surface area contributed by atoms with Gasteiger partial charge >= 0.3 is 23.9 Å². The van der Waals surface area contributed by atoms with Crippen molar-refractivity contribution in [1.29, 1.82) is 0 Å². The Hall–Kier alpha value is -2.86. The van der Waals surface area contributed by atoms with Crippen LogP contribution in [0.4, 0.5) is 0 Å². The molecule has 0 aliphatic heterocycles. The summed E-state index contributed by atoms with van der Waals surface area (Å²) in [5.74, 6) is -3.58. The molecule has 0 fully saturated rings. The Morgan fingerprint density at radius 2 is 0.825 bits per heavy atom. The number of ether oxygens (including phenoxy) is 2. The molecule has 0 spiro atoms. The van der Waals surface area contributed by atoms with Gasteiger partial charge in [0.15, 0.2) is 11.6 Å². The number of carboxylic acid groups (broad SMARTS) is 2. The summed E-state index contributed by atoms with van der Waals surface area (Å²) in [5, 5.41) is 37.6. The number of aliphatic hydroxyl groups is 2. The largest absolute Gasteiger partial charge is 0.481 e. The van der Waals surface area contributed by atoms with Gasteiger partial charge in [-0.05, 0) is 25.7 Å². The quantitative estimate of drug-likeness (QED) is 0.0345. The van der Waals surface area contributed by atoms with Crippen LogP contribution in [-0.4, -0.2) is 81.3 Å². The fourth-order valence-electron chi connectivity index (χ4n) is 6.15. The number of rotatable bonds is 36. The van der Waals surface area contributed by atoms with E-state index in [0.717, 1.165) is 51.4 Å². The number of esters is 2. The van der Waals surface area contributed by atoms with Crippen molar-refractivity contribution < 1.29 is 58.7 Å². The van der Waals surface area contributed by atoms with E-state index in [4.69, 9.17) is 19.7 Å². The number of carboxylic acids is 2. The summed E-state index contributed by atoms with van der Waals surface area (Å²) >= 11 is 0. The van der Waals surface area contributed by atoms with Crippen molar-refractivity contribution in [1.82, 2.24) is 0 Å². The number of hydrogen-bond acceptors (Lipinski definition) is 10. The van der Waals surface area contributed by atoms with Gasteiger partial charge in [-0.2, -0.15) is 0 Å². The number of carbonyl (C=O) groups excluding carboxylic acids is 4. The Bertz CT molecular complexity index is 1120. The number of ketones is 2. The van der Waals surface area contributed by atoms with Gasteiger partial charge in [0, 0.05) is 42.9 Å². The predicted molar refractivity (Wildman–Crippen MR) is 223 cm³/mol. The van der Waals surface area contributed by atoms with Gasteiger partial charge in [-0.25, -0.2) is 0 Å². The molecule has 0 bridgehead atoms. The molecular formula is C45H82O12. The van der Waals surface area contributed by atoms with Crippen LogP contribution in [0, 0.1) is 16.7 Å². The Morgan fingerprint density at radius 3 is 1.21 bits per heavy atom. The molecule has 0 heterocycles. The number of Topliss-reactive ketones (excluding diaryl/α,β-unsaturated/α-hetero) is 2. The normalized spacial score (nSPS) is 13.1. The monoisotopic (exact) mass is 815 g/mol. The fraction of sp³-hybridized carbons (Fsp3) is 0.867. The molecule has 0 aliphatic rings. The first-order chi connectivity index (χ1) is 26.8. The van der Waals surface area contributed by atoms with Gasteiger partial charge in [-0.3, -0.25) is 28.8 Å². The van der Waals surface area contributed by atoms with Crippen LogP contribution in [0.5, 0.6) is 0 Å². The molecule has 0 radical (unpaired) electrons. The lowest BCUT2D eigenvalue weighted by molar-refractivity contribution is -0.156. The van der Waals surface area contributed by atoms with E-state index in [-0.39, 0.29) is 69.6 Å². The summed E-state index contributed by atoms with van der Waals surface area (Å²) in [4.78, 5) is 69.0. The van der Waals surface area contributed by atoms with Crippen molar-refractivity contribution in [3.8, 4) is 0 Å². The highest BCUT2D eigenvalue weighted by molar-refractivity contribution is 5.84. The van der Waals surface area contributed by atoms with Gasteiger partial charge in [-0.15, -0.1) is 0 Å². The van der Waals surface area contributed by atoms with Crippen molar-refractivity contribution in [2.75, 3.05) is 13.2 Å². The van der Waals surface area contributed by atoms with Gasteiger partial charge in [0.1, 0.15) is 12.2 Å². The molecule has 0 saturated carbocycles. The Labute approximate surface area is 344 Å². The Morgan fingerprint density at radius 1 is 0.474 bits per heavy atom. The summed E-state index contributed by atoms with van der Waals surface area (Å²) in [6, 6.07) is 0. The number of carbonyl (C=O) groups is 6. The second-order valence-corrected chi connectivity index (χ2v) is 17.2. The molecule has 12 heteroatoms. The highest BCUT2D eigenvalue weighted by Crippen LogP contribution is 2.26. The molecular weight excluding hydrogens is 732 g/mol. The maximum absolute atomic E-state index is 12.0. The zero-order valence-corrected chi connectivity index (χ0v) is 36.9. The maximum Gasteiger partial charge on any atom is 0.308 e. The second-order valence-electron chi connectivity index (χ2n) is 17.2. The van der Waals surface area contributed by atoms with Gasteiger partial charge in [0.05, 0.1) is 19.1 Å². The molecule has 334 valence electrons. The fourth-order valence-corrected chi connectivity index (χ4v) is 6.15. The first kappa shape index (κ1) is 56.2. The molecule has 0 saturated heterocycles. The first-order valence-electron chi connectivity index (χ1n) is 22.0. The number of aliphatic hydroxyl groups excluding tert-OH is 2. The third-order valence-electron chi connectivity index (χ3n) is 10.3. The molecule has 0 amide bonds. The lowest BCUT2D eigenvalue weighted by Gasteiger charge is -2.29. The molecule has 3 atom stereocenters. The van der Waals surface area contributed by atoms with E-state index in [1.807, 2.05) is 6.92 Å². The summed E-state index contributed by atoms with van der Waals surface area (Å²) < 4.78 is 10.6. The minimum absolute atomic E-state index is 0.00132. The van der Waals surface area contributed by atoms with Crippen molar-refractivity contribution in [3.63, 3.8) is 0 Å². The van der Waals surface area contributed by atoms with E-state index in [1.54, 1.807) is 27.7 Å². The third-order valence-corrected chi connectivity index (χ3v) is 10.3. The minimum atomic E-state index is -1.28. The van der Waals surface area contributed by atoms with E-state index in [9.17, 15) is 39.0 Å². The summed E-state index contributed by atoms with van der Waals surface area (Å²) in [6.07, 6.45) is 19.4. The van der Waals surface area contributed by atoms with E-state index in [2.05, 4.69) is 13.8 Å². The average molecular weight is 815 g/mol. The lowest BCUT2D eigenvalue weighted by Crippen LogP contribution is -2.40. The summed E-state index contributed by atoms with van der Waals surface area (Å²) in [7, 11) is 0. The van der Waals surface area contributed by atoms with Crippen LogP contribution >= 0.6 is 0 Å². The Kier molecular flexibility index (Phi) is 33.6. The minimum Gasteiger partial charge on any atom is -0.481 e. The second kappa shape index (κ2) is 34.0. The molecule has 57 heavy (non-hydrogen) atoms. The van der Waals surface area contributed by atoms with E-state index < -0.39 is 46.5 Å². The van der Waals surface area contributed by atoms with Crippen molar-refractivity contribution in [2.24, 2.45) is 16.7 Å². The van der Waals surface area contributed by atoms with Crippen LogP contribution in [0.3, 0.4) is 0 Å². The molecule has 0 aliphatic carbocycles. The third kappa shape index (κ3) is 31.8. The van der Waals surface area contributed by atoms with Crippen LogP contribution in [0.2, 0.25) is 0 Å². The van der Waals surface area contributed by atoms with Crippen LogP contribution in [0.15, 0.2) is 0 Å². The Balaban J connectivity index is 0. The SMILES string of the molecule is CCCCCCC(C)C(=O)OCC(C)(C)C(O)C(=O)CCCC(=O)O.CCCCCCCCCCCCCCCC(=O)OCC(C)(C)C(O)C(=O)CCCC(=O)O. The molecule has 0 aromatic rings. The van der Waals surface area contributed by atoms with Gasteiger partial charge in [0.2, 0.25) is 0 Å². The predicted octanol–water partition coefficient (Wildman–Crippen LogP) is 9.57. The maximum atomic E-state index is 12.0. The van der Waals surface area contributed by atoms with Crippen LogP contribution < -0.4 is 0 Å². The van der Waals surface area contributed by atoms with Gasteiger partial charge < -0.3 is 29.9 Å². The molecule has 3 unspecified atom stereocenters. The highest BCUT2D eigenvalue weighted by Gasteiger charge is 2.36. The first-order valence-corrected chi connectivity index (χ1v) is 22.0. The summed E-state index contributed by atoms with van der Waals surface area (Å²) in [5.41, 5.74) is -1.80. The number of unbranched alkanes of at least 4 members (excludes halogenated alkanes) is 15. The smallest absolute Gasteiger partial charge is 0.308 e. The molecule has 4 N–H and O–H groups in total. The highest BCUT2D eigenvalue weighted by atomic mass is 16.5. The van der Waals surface area contributed by atoms with Gasteiger partial charge in [0.25, 0.3) is 0 Å². The van der Waals surface area contributed by atoms with Gasteiger partial charge in [-0.1, -0.05) is 151 Å². The van der Waals surface area contributed by atoms with E-state index in [1.165, 1.54) is 64.2 Å². The van der Waals surface area contributed by atoms with Crippen LogP contribution in [0.25, 0.3) is 0 Å². The summed E-state index contributed by atoms with van der Waals surface area (Å²) in [6.45, 7) is 12.8.